The van der Waals surface area contributed by atoms with Gasteiger partial charge in [0.25, 0.3) is 5.91 Å². The molecule has 2 aromatic carbocycles. The smallest absolute Gasteiger partial charge is 0.319 e. The Hall–Kier alpha value is -3.35. The number of hydrogen-bond donors (Lipinski definition) is 2. The lowest BCUT2D eigenvalue weighted by atomic mass is 9.96. The number of urea groups is 1. The average molecular weight is 381 g/mol. The number of methoxy groups -OCH3 is 1. The molecule has 0 aromatic heterocycles. The van der Waals surface area contributed by atoms with Crippen LogP contribution in [0.2, 0.25) is 0 Å². The van der Waals surface area contributed by atoms with Gasteiger partial charge in [-0.3, -0.25) is 4.79 Å². The molecule has 1 atom stereocenters. The normalized spacial score (nSPS) is 18.6. The Labute approximate surface area is 162 Å². The van der Waals surface area contributed by atoms with Crippen molar-refractivity contribution in [2.24, 2.45) is 0 Å². The summed E-state index contributed by atoms with van der Waals surface area (Å²) in [5, 5.41) is 5.45. The van der Waals surface area contributed by atoms with Crippen molar-refractivity contribution in [3.05, 3.63) is 76.7 Å². The van der Waals surface area contributed by atoms with E-state index < -0.39 is 17.9 Å². The van der Waals surface area contributed by atoms with Crippen LogP contribution >= 0.6 is 0 Å². The minimum atomic E-state index is -0.664. The minimum absolute atomic E-state index is 0.161. The molecule has 2 aliphatic heterocycles. The summed E-state index contributed by atoms with van der Waals surface area (Å²) in [6, 6.07) is 12.6. The highest BCUT2D eigenvalue weighted by atomic mass is 19.1. The molecule has 0 spiro atoms. The SMILES string of the molecule is COc1ccccc1CCN1CC2=C(C1=O)[C@@H](c1cccc(F)c1)NC(=O)N2. The summed E-state index contributed by atoms with van der Waals surface area (Å²) in [6.45, 7) is 0.806. The van der Waals surface area contributed by atoms with Crippen LogP contribution in [0.4, 0.5) is 9.18 Å². The number of amides is 3. The largest absolute Gasteiger partial charge is 0.496 e. The Balaban J connectivity index is 1.55. The van der Waals surface area contributed by atoms with Gasteiger partial charge in [-0.15, -0.1) is 0 Å². The lowest BCUT2D eigenvalue weighted by Crippen LogP contribution is -2.44. The molecule has 0 saturated heterocycles. The molecule has 0 saturated carbocycles. The monoisotopic (exact) mass is 381 g/mol. The average Bonchev–Trinajstić information content (AvgIpc) is 3.01. The van der Waals surface area contributed by atoms with E-state index in [-0.39, 0.29) is 5.91 Å². The van der Waals surface area contributed by atoms with E-state index in [0.29, 0.717) is 36.3 Å². The zero-order valence-electron chi connectivity index (χ0n) is 15.4. The van der Waals surface area contributed by atoms with E-state index >= 15 is 0 Å². The number of benzene rings is 2. The summed E-state index contributed by atoms with van der Waals surface area (Å²) in [5.41, 5.74) is 2.59. The molecule has 2 N–H and O–H groups in total. The fourth-order valence-electron chi connectivity index (χ4n) is 3.71. The highest BCUT2D eigenvalue weighted by Crippen LogP contribution is 2.33. The van der Waals surface area contributed by atoms with Crippen LogP contribution in [0, 0.1) is 5.82 Å². The summed E-state index contributed by atoms with van der Waals surface area (Å²) in [7, 11) is 1.62. The third-order valence-corrected chi connectivity index (χ3v) is 5.05. The summed E-state index contributed by atoms with van der Waals surface area (Å²) in [5.74, 6) is 0.206. The van der Waals surface area contributed by atoms with E-state index in [1.165, 1.54) is 12.1 Å². The maximum absolute atomic E-state index is 13.7. The van der Waals surface area contributed by atoms with E-state index in [2.05, 4.69) is 10.6 Å². The van der Waals surface area contributed by atoms with E-state index in [0.717, 1.165) is 11.3 Å². The van der Waals surface area contributed by atoms with Crippen LogP contribution in [0.15, 0.2) is 59.8 Å². The number of ether oxygens (including phenoxy) is 1. The number of carbonyl (C=O) groups is 2. The molecule has 0 aliphatic carbocycles. The summed E-state index contributed by atoms with van der Waals surface area (Å²) >= 11 is 0. The van der Waals surface area contributed by atoms with Gasteiger partial charge in [0, 0.05) is 6.54 Å². The van der Waals surface area contributed by atoms with Gasteiger partial charge >= 0.3 is 6.03 Å². The van der Waals surface area contributed by atoms with Crippen LogP contribution in [0.1, 0.15) is 17.2 Å². The van der Waals surface area contributed by atoms with E-state index in [4.69, 9.17) is 4.74 Å². The second-order valence-electron chi connectivity index (χ2n) is 6.77. The van der Waals surface area contributed by atoms with Crippen molar-refractivity contribution >= 4 is 11.9 Å². The molecular formula is C21H20FN3O3. The summed E-state index contributed by atoms with van der Waals surface area (Å²) in [6.07, 6.45) is 0.627. The number of nitrogens with zero attached hydrogens (tertiary/aromatic N) is 1. The molecule has 6 nitrogen and oxygen atoms in total. The van der Waals surface area contributed by atoms with Crippen molar-refractivity contribution in [1.82, 2.24) is 15.5 Å². The van der Waals surface area contributed by atoms with Crippen molar-refractivity contribution in [2.45, 2.75) is 12.5 Å². The lowest BCUT2D eigenvalue weighted by Gasteiger charge is -2.25. The molecule has 28 heavy (non-hydrogen) atoms. The van der Waals surface area contributed by atoms with Crippen LogP contribution in [0.5, 0.6) is 5.75 Å². The molecule has 0 radical (unpaired) electrons. The first-order chi connectivity index (χ1) is 13.6. The molecule has 2 heterocycles. The maximum Gasteiger partial charge on any atom is 0.319 e. The Morgan fingerprint density at radius 3 is 2.79 bits per heavy atom. The van der Waals surface area contributed by atoms with Crippen LogP contribution in [0.25, 0.3) is 0 Å². The van der Waals surface area contributed by atoms with E-state index in [1.807, 2.05) is 24.3 Å². The fourth-order valence-corrected chi connectivity index (χ4v) is 3.71. The summed E-state index contributed by atoms with van der Waals surface area (Å²) in [4.78, 5) is 26.8. The molecule has 2 aromatic rings. The zero-order valence-corrected chi connectivity index (χ0v) is 15.4. The Morgan fingerprint density at radius 1 is 1.18 bits per heavy atom. The summed E-state index contributed by atoms with van der Waals surface area (Å²) < 4.78 is 19.0. The van der Waals surface area contributed by atoms with Gasteiger partial charge < -0.3 is 20.3 Å². The van der Waals surface area contributed by atoms with Crippen LogP contribution in [0.3, 0.4) is 0 Å². The highest BCUT2D eigenvalue weighted by Gasteiger charge is 2.40. The van der Waals surface area contributed by atoms with Gasteiger partial charge in [-0.25, -0.2) is 9.18 Å². The molecule has 4 rings (SSSR count). The lowest BCUT2D eigenvalue weighted by molar-refractivity contribution is -0.125. The first-order valence-corrected chi connectivity index (χ1v) is 9.04. The number of para-hydroxylation sites is 1. The number of rotatable bonds is 5. The standard InChI is InChI=1S/C21H20FN3O3/c1-28-17-8-3-2-5-13(17)9-10-25-12-16-18(20(25)26)19(24-21(27)23-16)14-6-4-7-15(22)11-14/h2-8,11,19H,9-10,12H2,1H3,(H2,23,24,27)/t19-/m1/s1. The highest BCUT2D eigenvalue weighted by molar-refractivity contribution is 6.01. The predicted molar refractivity (Wildman–Crippen MR) is 101 cm³/mol. The fraction of sp³-hybridized carbons (Fsp3) is 0.238. The van der Waals surface area contributed by atoms with Crippen molar-refractivity contribution in [1.29, 1.82) is 0 Å². The molecular weight excluding hydrogens is 361 g/mol. The first kappa shape index (κ1) is 18.0. The topological polar surface area (TPSA) is 70.7 Å². The number of nitrogens with one attached hydrogen (secondary N) is 2. The van der Waals surface area contributed by atoms with Gasteiger partial charge in [-0.2, -0.15) is 0 Å². The maximum atomic E-state index is 13.7. The first-order valence-electron chi connectivity index (χ1n) is 9.04. The second kappa shape index (κ2) is 7.34. The van der Waals surface area contributed by atoms with Crippen LogP contribution in [-0.4, -0.2) is 37.0 Å². The van der Waals surface area contributed by atoms with Crippen molar-refractivity contribution in [3.63, 3.8) is 0 Å². The van der Waals surface area contributed by atoms with Gasteiger partial charge in [0.15, 0.2) is 0 Å². The van der Waals surface area contributed by atoms with E-state index in [1.54, 1.807) is 24.1 Å². The third kappa shape index (κ3) is 3.31. The molecule has 2 aliphatic rings. The second-order valence-corrected chi connectivity index (χ2v) is 6.77. The molecule has 0 fully saturated rings. The Bertz CT molecular complexity index is 973. The van der Waals surface area contributed by atoms with Crippen molar-refractivity contribution < 1.29 is 18.7 Å². The van der Waals surface area contributed by atoms with Gasteiger partial charge in [0.05, 0.1) is 31.0 Å². The molecule has 7 heteroatoms. The predicted octanol–water partition coefficient (Wildman–Crippen LogP) is 2.53. The number of carbonyl (C=O) groups excluding carboxylic acids is 2. The quantitative estimate of drug-likeness (QED) is 0.836. The van der Waals surface area contributed by atoms with Gasteiger partial charge in [0.2, 0.25) is 0 Å². The molecule has 0 unspecified atom stereocenters. The molecule has 0 bridgehead atoms. The Kier molecular flexibility index (Phi) is 4.73. The van der Waals surface area contributed by atoms with Crippen LogP contribution < -0.4 is 15.4 Å². The van der Waals surface area contributed by atoms with Crippen LogP contribution in [-0.2, 0) is 11.2 Å². The molecule has 144 valence electrons. The number of halogens is 1. The van der Waals surface area contributed by atoms with Crippen molar-refractivity contribution in [2.75, 3.05) is 20.2 Å². The minimum Gasteiger partial charge on any atom is -0.496 e. The zero-order chi connectivity index (χ0) is 19.7. The van der Waals surface area contributed by atoms with Gasteiger partial charge in [-0.05, 0) is 35.7 Å². The molecule has 3 amide bonds. The number of hydrogen-bond acceptors (Lipinski definition) is 3. The van der Waals surface area contributed by atoms with Gasteiger partial charge in [-0.1, -0.05) is 30.3 Å². The third-order valence-electron chi connectivity index (χ3n) is 5.05. The van der Waals surface area contributed by atoms with Crippen molar-refractivity contribution in [3.8, 4) is 5.75 Å². The van der Waals surface area contributed by atoms with Gasteiger partial charge in [0.1, 0.15) is 11.6 Å². The Morgan fingerprint density at radius 2 is 2.00 bits per heavy atom. The van der Waals surface area contributed by atoms with E-state index in [9.17, 15) is 14.0 Å².